The Labute approximate surface area is 71.4 Å². The van der Waals surface area contributed by atoms with Gasteiger partial charge in [-0.15, -0.1) is 0 Å². The third-order valence-corrected chi connectivity index (χ3v) is 1.68. The first-order valence-electron chi connectivity index (χ1n) is 3.89. The first kappa shape index (κ1) is 7.22. The number of benzene rings is 1. The van der Waals surface area contributed by atoms with Crippen molar-refractivity contribution >= 4 is 0 Å². The van der Waals surface area contributed by atoms with Crippen molar-refractivity contribution in [1.82, 2.24) is 0 Å². The van der Waals surface area contributed by atoms with Crippen LogP contribution in [0, 0.1) is 0 Å². The molecule has 12 heavy (non-hydrogen) atoms. The lowest BCUT2D eigenvalue weighted by Crippen LogP contribution is -1.85. The maximum absolute atomic E-state index is 5.43. The summed E-state index contributed by atoms with van der Waals surface area (Å²) in [7, 11) is 1.65. The van der Waals surface area contributed by atoms with E-state index in [-0.39, 0.29) is 0 Å². The number of methoxy groups -OCH3 is 1. The van der Waals surface area contributed by atoms with E-state index >= 15 is 0 Å². The SMILES string of the molecule is COc1ccc(OC2=CC2)cc1. The van der Waals surface area contributed by atoms with E-state index in [0.717, 1.165) is 23.7 Å². The van der Waals surface area contributed by atoms with Crippen LogP contribution in [0.3, 0.4) is 0 Å². The summed E-state index contributed by atoms with van der Waals surface area (Å²) in [6.45, 7) is 0. The van der Waals surface area contributed by atoms with E-state index in [1.54, 1.807) is 7.11 Å². The summed E-state index contributed by atoms with van der Waals surface area (Å²) in [5.41, 5.74) is 0. The molecule has 62 valence electrons. The number of ether oxygens (including phenoxy) is 2. The first-order chi connectivity index (χ1) is 5.88. The van der Waals surface area contributed by atoms with Crippen molar-refractivity contribution in [3.8, 4) is 11.5 Å². The Kier molecular flexibility index (Phi) is 1.74. The number of allylic oxidation sites excluding steroid dienone is 2. The molecule has 2 rings (SSSR count). The molecule has 0 bridgehead atoms. The minimum Gasteiger partial charge on any atom is -0.497 e. The molecule has 0 unspecified atom stereocenters. The number of hydrogen-bond donors (Lipinski definition) is 0. The Bertz CT molecular complexity index is 298. The molecule has 0 aliphatic heterocycles. The minimum absolute atomic E-state index is 0.854. The highest BCUT2D eigenvalue weighted by Crippen LogP contribution is 2.25. The minimum atomic E-state index is 0.854. The molecule has 0 saturated carbocycles. The molecule has 0 aromatic heterocycles. The summed E-state index contributed by atoms with van der Waals surface area (Å²) in [5.74, 6) is 2.78. The van der Waals surface area contributed by atoms with Crippen LogP contribution in [0.15, 0.2) is 36.1 Å². The molecule has 0 heterocycles. The Morgan fingerprint density at radius 3 is 2.17 bits per heavy atom. The van der Waals surface area contributed by atoms with E-state index in [0.29, 0.717) is 0 Å². The van der Waals surface area contributed by atoms with Gasteiger partial charge < -0.3 is 9.47 Å². The predicted octanol–water partition coefficient (Wildman–Crippen LogP) is 2.36. The Balaban J connectivity index is 2.07. The molecule has 0 fully saturated rings. The summed E-state index contributed by atoms with van der Waals surface area (Å²) in [6.07, 6.45) is 3.04. The van der Waals surface area contributed by atoms with Gasteiger partial charge in [0.15, 0.2) is 0 Å². The van der Waals surface area contributed by atoms with Crippen LogP contribution in [0.5, 0.6) is 11.5 Å². The molecular weight excluding hydrogens is 152 g/mol. The highest BCUT2D eigenvalue weighted by molar-refractivity contribution is 5.33. The summed E-state index contributed by atoms with van der Waals surface area (Å²) >= 11 is 0. The summed E-state index contributed by atoms with van der Waals surface area (Å²) in [6, 6.07) is 7.58. The van der Waals surface area contributed by atoms with Crippen LogP contribution in [0.4, 0.5) is 0 Å². The maximum atomic E-state index is 5.43. The lowest BCUT2D eigenvalue weighted by molar-refractivity contribution is 0.411. The number of hydrogen-bond acceptors (Lipinski definition) is 2. The van der Waals surface area contributed by atoms with E-state index < -0.39 is 0 Å². The van der Waals surface area contributed by atoms with E-state index in [9.17, 15) is 0 Å². The zero-order chi connectivity index (χ0) is 8.39. The molecule has 0 saturated heterocycles. The van der Waals surface area contributed by atoms with E-state index in [1.165, 1.54) is 0 Å². The fourth-order valence-electron chi connectivity index (χ4n) is 0.920. The second-order valence-electron chi connectivity index (χ2n) is 2.65. The molecule has 1 aromatic rings. The lowest BCUT2D eigenvalue weighted by Gasteiger charge is -2.02. The molecule has 1 aromatic carbocycles. The molecule has 1 aliphatic carbocycles. The summed E-state index contributed by atoms with van der Waals surface area (Å²) in [4.78, 5) is 0. The maximum Gasteiger partial charge on any atom is 0.127 e. The van der Waals surface area contributed by atoms with Gasteiger partial charge in [0.05, 0.1) is 7.11 Å². The van der Waals surface area contributed by atoms with Gasteiger partial charge in [0.2, 0.25) is 0 Å². The normalized spacial score (nSPS) is 13.6. The van der Waals surface area contributed by atoms with Crippen LogP contribution < -0.4 is 9.47 Å². The smallest absolute Gasteiger partial charge is 0.127 e. The molecular formula is C10H10O2. The summed E-state index contributed by atoms with van der Waals surface area (Å²) < 4.78 is 10.4. The zero-order valence-electron chi connectivity index (χ0n) is 6.91. The van der Waals surface area contributed by atoms with Gasteiger partial charge in [-0.2, -0.15) is 0 Å². The van der Waals surface area contributed by atoms with Crippen molar-refractivity contribution in [2.24, 2.45) is 0 Å². The average molecular weight is 162 g/mol. The largest absolute Gasteiger partial charge is 0.497 e. The van der Waals surface area contributed by atoms with Crippen molar-refractivity contribution in [2.45, 2.75) is 6.42 Å². The number of rotatable bonds is 3. The predicted molar refractivity (Wildman–Crippen MR) is 46.3 cm³/mol. The Morgan fingerprint density at radius 1 is 1.08 bits per heavy atom. The molecule has 2 heteroatoms. The van der Waals surface area contributed by atoms with Crippen molar-refractivity contribution in [2.75, 3.05) is 7.11 Å². The monoisotopic (exact) mass is 162 g/mol. The molecule has 1 aliphatic rings. The van der Waals surface area contributed by atoms with Gasteiger partial charge >= 0.3 is 0 Å². The molecule has 0 atom stereocenters. The zero-order valence-corrected chi connectivity index (χ0v) is 6.91. The van der Waals surface area contributed by atoms with Crippen molar-refractivity contribution in [3.05, 3.63) is 36.1 Å². The lowest BCUT2D eigenvalue weighted by atomic mass is 10.3. The van der Waals surface area contributed by atoms with Gasteiger partial charge in [-0.3, -0.25) is 0 Å². The standard InChI is InChI=1S/C10H10O2/c1-11-8-2-4-9(5-3-8)12-10-6-7-10/h2-6H,7H2,1H3. The van der Waals surface area contributed by atoms with E-state index in [4.69, 9.17) is 9.47 Å². The topological polar surface area (TPSA) is 18.5 Å². The van der Waals surface area contributed by atoms with E-state index in [1.807, 2.05) is 30.3 Å². The van der Waals surface area contributed by atoms with Gasteiger partial charge in [-0.1, -0.05) is 0 Å². The Hall–Kier alpha value is -1.44. The van der Waals surface area contributed by atoms with Gasteiger partial charge in [0.25, 0.3) is 0 Å². The second-order valence-corrected chi connectivity index (χ2v) is 2.65. The molecule has 0 spiro atoms. The highest BCUT2D eigenvalue weighted by atomic mass is 16.5. The van der Waals surface area contributed by atoms with Crippen LogP contribution in [0.25, 0.3) is 0 Å². The van der Waals surface area contributed by atoms with Crippen molar-refractivity contribution in [3.63, 3.8) is 0 Å². The van der Waals surface area contributed by atoms with Crippen LogP contribution in [0.2, 0.25) is 0 Å². The molecule has 0 amide bonds. The average Bonchev–Trinajstić information content (AvgIpc) is 2.90. The third-order valence-electron chi connectivity index (χ3n) is 1.68. The molecule has 2 nitrogen and oxygen atoms in total. The fraction of sp³-hybridized carbons (Fsp3) is 0.200. The van der Waals surface area contributed by atoms with E-state index in [2.05, 4.69) is 0 Å². The van der Waals surface area contributed by atoms with Gasteiger partial charge in [0, 0.05) is 6.42 Å². The van der Waals surface area contributed by atoms with Gasteiger partial charge in [-0.25, -0.2) is 0 Å². The fourth-order valence-corrected chi connectivity index (χ4v) is 0.920. The Morgan fingerprint density at radius 2 is 1.67 bits per heavy atom. The van der Waals surface area contributed by atoms with Crippen LogP contribution in [-0.2, 0) is 0 Å². The quantitative estimate of drug-likeness (QED) is 0.679. The van der Waals surface area contributed by atoms with Crippen molar-refractivity contribution < 1.29 is 9.47 Å². The van der Waals surface area contributed by atoms with Crippen molar-refractivity contribution in [1.29, 1.82) is 0 Å². The molecule has 0 radical (unpaired) electrons. The van der Waals surface area contributed by atoms with Crippen LogP contribution in [0.1, 0.15) is 6.42 Å². The second kappa shape index (κ2) is 2.89. The first-order valence-corrected chi connectivity index (χ1v) is 3.89. The van der Waals surface area contributed by atoms with Gasteiger partial charge in [-0.05, 0) is 30.3 Å². The molecule has 0 N–H and O–H groups in total. The highest BCUT2D eigenvalue weighted by Gasteiger charge is 2.09. The summed E-state index contributed by atoms with van der Waals surface area (Å²) in [5, 5.41) is 0. The third kappa shape index (κ3) is 1.59. The van der Waals surface area contributed by atoms with Crippen LogP contribution >= 0.6 is 0 Å². The van der Waals surface area contributed by atoms with Crippen LogP contribution in [-0.4, -0.2) is 7.11 Å². The van der Waals surface area contributed by atoms with Gasteiger partial charge in [0.1, 0.15) is 17.3 Å².